The van der Waals surface area contributed by atoms with Gasteiger partial charge in [-0.1, -0.05) is 39.7 Å². The number of rotatable bonds is 3. The third-order valence-corrected chi connectivity index (χ3v) is 3.40. The molecule has 0 saturated heterocycles. The van der Waals surface area contributed by atoms with E-state index in [-0.39, 0.29) is 22.6 Å². The van der Waals surface area contributed by atoms with Crippen LogP contribution in [-0.2, 0) is 6.42 Å². The number of carbonyl (C=O) groups is 1. The molecule has 19 heavy (non-hydrogen) atoms. The number of hydrogen-bond acceptors (Lipinski definition) is 1. The molecule has 98 valence electrons. The topological polar surface area (TPSA) is 17.1 Å². The van der Waals surface area contributed by atoms with E-state index in [4.69, 9.17) is 11.6 Å². The molecule has 2 aromatic rings. The van der Waals surface area contributed by atoms with Crippen molar-refractivity contribution in [2.24, 2.45) is 0 Å². The number of halogens is 4. The molecular weight excluding hydrogens is 338 g/mol. The number of hydrogen-bond donors (Lipinski definition) is 0. The van der Waals surface area contributed by atoms with Crippen LogP contribution in [0.3, 0.4) is 0 Å². The summed E-state index contributed by atoms with van der Waals surface area (Å²) in [6.07, 6.45) is -0.231. The first-order valence-corrected chi connectivity index (χ1v) is 6.57. The molecule has 1 nitrogen and oxygen atoms in total. The first kappa shape index (κ1) is 14.2. The molecule has 0 aliphatic rings. The lowest BCUT2D eigenvalue weighted by Gasteiger charge is -2.05. The van der Waals surface area contributed by atoms with E-state index in [1.807, 2.05) is 0 Å². The number of Topliss-reactive ketones (excluding diaryl/α,β-unsaturated/α-hetero) is 1. The molecule has 0 saturated carbocycles. The van der Waals surface area contributed by atoms with Gasteiger partial charge in [0.05, 0.1) is 10.6 Å². The first-order valence-electron chi connectivity index (χ1n) is 5.40. The van der Waals surface area contributed by atoms with Crippen LogP contribution in [-0.4, -0.2) is 5.78 Å². The second kappa shape index (κ2) is 5.80. The molecule has 0 spiro atoms. The second-order valence-electron chi connectivity index (χ2n) is 3.94. The molecule has 2 aromatic carbocycles. The predicted molar refractivity (Wildman–Crippen MR) is 73.5 cm³/mol. The predicted octanol–water partition coefficient (Wildman–Crippen LogP) is 4.81. The third kappa shape index (κ3) is 3.19. The van der Waals surface area contributed by atoms with Crippen LogP contribution in [0.15, 0.2) is 40.9 Å². The fourth-order valence-electron chi connectivity index (χ4n) is 1.67. The lowest BCUT2D eigenvalue weighted by molar-refractivity contribution is 0.0988. The van der Waals surface area contributed by atoms with Crippen LogP contribution in [0.1, 0.15) is 15.9 Å². The minimum atomic E-state index is -0.643. The van der Waals surface area contributed by atoms with Gasteiger partial charge in [-0.25, -0.2) is 8.78 Å². The Balaban J connectivity index is 2.28. The van der Waals surface area contributed by atoms with Crippen LogP contribution >= 0.6 is 27.5 Å². The van der Waals surface area contributed by atoms with Crippen molar-refractivity contribution in [3.63, 3.8) is 0 Å². The summed E-state index contributed by atoms with van der Waals surface area (Å²) in [6, 6.07) is 8.52. The van der Waals surface area contributed by atoms with Gasteiger partial charge in [0.25, 0.3) is 0 Å². The average molecular weight is 346 g/mol. The SMILES string of the molecule is O=C(Cc1cccc(Cl)c1F)c1ccc(Br)cc1F. The molecule has 0 unspecified atom stereocenters. The standard InChI is InChI=1S/C14H8BrClF2O/c15-9-4-5-10(12(17)7-9)13(19)6-8-2-1-3-11(16)14(8)18/h1-5,7H,6H2. The minimum Gasteiger partial charge on any atom is -0.294 e. The van der Waals surface area contributed by atoms with Crippen LogP contribution in [0.2, 0.25) is 5.02 Å². The highest BCUT2D eigenvalue weighted by atomic mass is 79.9. The summed E-state index contributed by atoms with van der Waals surface area (Å²) in [7, 11) is 0. The molecule has 0 fully saturated rings. The van der Waals surface area contributed by atoms with Crippen LogP contribution in [0.25, 0.3) is 0 Å². The van der Waals surface area contributed by atoms with Gasteiger partial charge in [0.1, 0.15) is 11.6 Å². The Morgan fingerprint density at radius 1 is 1.21 bits per heavy atom. The summed E-state index contributed by atoms with van der Waals surface area (Å²) in [4.78, 5) is 11.9. The molecule has 0 amide bonds. The zero-order chi connectivity index (χ0) is 14.0. The summed E-state index contributed by atoms with van der Waals surface area (Å²) in [6.45, 7) is 0. The molecule has 5 heteroatoms. The Bertz CT molecular complexity index is 643. The lowest BCUT2D eigenvalue weighted by atomic mass is 10.0. The summed E-state index contributed by atoms with van der Waals surface area (Å²) in [5.41, 5.74) is 0.0856. The second-order valence-corrected chi connectivity index (χ2v) is 5.26. The molecule has 0 radical (unpaired) electrons. The zero-order valence-electron chi connectivity index (χ0n) is 9.59. The van der Waals surface area contributed by atoms with Crippen molar-refractivity contribution in [1.29, 1.82) is 0 Å². The van der Waals surface area contributed by atoms with Crippen LogP contribution in [0.4, 0.5) is 8.78 Å². The van der Waals surface area contributed by atoms with Crippen molar-refractivity contribution >= 4 is 33.3 Å². The van der Waals surface area contributed by atoms with Gasteiger partial charge in [0.15, 0.2) is 5.78 Å². The van der Waals surface area contributed by atoms with Crippen LogP contribution in [0.5, 0.6) is 0 Å². The first-order chi connectivity index (χ1) is 8.99. The summed E-state index contributed by atoms with van der Waals surface area (Å²) in [5, 5.41) is -0.0541. The largest absolute Gasteiger partial charge is 0.294 e. The lowest BCUT2D eigenvalue weighted by Crippen LogP contribution is -2.07. The van der Waals surface area contributed by atoms with Crippen molar-refractivity contribution < 1.29 is 13.6 Å². The van der Waals surface area contributed by atoms with Gasteiger partial charge in [-0.05, 0) is 29.8 Å². The molecule has 0 aliphatic carbocycles. The fourth-order valence-corrected chi connectivity index (χ4v) is 2.20. The Kier molecular flexibility index (Phi) is 4.32. The quantitative estimate of drug-likeness (QED) is 0.730. The average Bonchev–Trinajstić information content (AvgIpc) is 2.34. The van der Waals surface area contributed by atoms with Gasteiger partial charge in [-0.3, -0.25) is 4.79 Å². The number of ketones is 1. The minimum absolute atomic E-state index is 0.0541. The van der Waals surface area contributed by atoms with Gasteiger partial charge in [-0.15, -0.1) is 0 Å². The van der Waals surface area contributed by atoms with E-state index < -0.39 is 17.4 Å². The van der Waals surface area contributed by atoms with Gasteiger partial charge >= 0.3 is 0 Å². The van der Waals surface area contributed by atoms with Gasteiger partial charge < -0.3 is 0 Å². The van der Waals surface area contributed by atoms with Crippen LogP contribution in [0, 0.1) is 11.6 Å². The van der Waals surface area contributed by atoms with E-state index in [0.717, 1.165) is 0 Å². The Labute approximate surface area is 122 Å². The van der Waals surface area contributed by atoms with Gasteiger partial charge in [0.2, 0.25) is 0 Å². The monoisotopic (exact) mass is 344 g/mol. The van der Waals surface area contributed by atoms with E-state index in [0.29, 0.717) is 4.47 Å². The van der Waals surface area contributed by atoms with Crippen LogP contribution < -0.4 is 0 Å². The molecule has 0 aliphatic heterocycles. The van der Waals surface area contributed by atoms with Crippen molar-refractivity contribution in [3.8, 4) is 0 Å². The number of benzene rings is 2. The maximum Gasteiger partial charge on any atom is 0.170 e. The molecule has 2 rings (SSSR count). The fraction of sp³-hybridized carbons (Fsp3) is 0.0714. The molecule has 0 aromatic heterocycles. The van der Waals surface area contributed by atoms with Gasteiger partial charge in [0, 0.05) is 10.9 Å². The Morgan fingerprint density at radius 3 is 2.63 bits per heavy atom. The third-order valence-electron chi connectivity index (χ3n) is 2.61. The molecule has 0 N–H and O–H groups in total. The van der Waals surface area contributed by atoms with Crippen molar-refractivity contribution in [1.82, 2.24) is 0 Å². The Morgan fingerprint density at radius 2 is 1.95 bits per heavy atom. The maximum absolute atomic E-state index is 13.7. The molecule has 0 heterocycles. The van der Waals surface area contributed by atoms with Crippen molar-refractivity contribution in [2.75, 3.05) is 0 Å². The van der Waals surface area contributed by atoms with Crippen molar-refractivity contribution in [2.45, 2.75) is 6.42 Å². The van der Waals surface area contributed by atoms with E-state index in [1.165, 1.54) is 24.3 Å². The highest BCUT2D eigenvalue weighted by Gasteiger charge is 2.15. The highest BCUT2D eigenvalue weighted by molar-refractivity contribution is 9.10. The summed E-state index contributed by atoms with van der Waals surface area (Å²) in [5.74, 6) is -1.77. The Hall–Kier alpha value is -1.26. The maximum atomic E-state index is 13.7. The molecule has 0 bridgehead atoms. The number of carbonyl (C=O) groups excluding carboxylic acids is 1. The highest BCUT2D eigenvalue weighted by Crippen LogP contribution is 2.21. The molecule has 0 atom stereocenters. The molecular formula is C14H8BrClF2O. The normalized spacial score (nSPS) is 10.5. The smallest absolute Gasteiger partial charge is 0.170 e. The van der Waals surface area contributed by atoms with Crippen molar-refractivity contribution in [3.05, 3.63) is 68.7 Å². The van der Waals surface area contributed by atoms with E-state index in [1.54, 1.807) is 12.1 Å². The van der Waals surface area contributed by atoms with E-state index >= 15 is 0 Å². The zero-order valence-corrected chi connectivity index (χ0v) is 11.9. The van der Waals surface area contributed by atoms with E-state index in [2.05, 4.69) is 15.9 Å². The van der Waals surface area contributed by atoms with E-state index in [9.17, 15) is 13.6 Å². The summed E-state index contributed by atoms with van der Waals surface area (Å²) < 4.78 is 27.8. The van der Waals surface area contributed by atoms with Gasteiger partial charge in [-0.2, -0.15) is 0 Å². The summed E-state index contributed by atoms with van der Waals surface area (Å²) >= 11 is 8.73.